The van der Waals surface area contributed by atoms with Gasteiger partial charge in [-0.3, -0.25) is 4.79 Å². The molecular formula is C23H27NO2. The zero-order valence-corrected chi connectivity index (χ0v) is 15.8. The van der Waals surface area contributed by atoms with Crippen LogP contribution in [0.4, 0.5) is 5.69 Å². The maximum Gasteiger partial charge on any atom is 0.185 e. The lowest BCUT2D eigenvalue weighted by Gasteiger charge is -2.43. The van der Waals surface area contributed by atoms with Crippen molar-refractivity contribution >= 4 is 11.5 Å². The number of nitrogens with one attached hydrogen (secondary N) is 1. The molecule has 0 spiro atoms. The first-order valence-electron chi connectivity index (χ1n) is 9.57. The van der Waals surface area contributed by atoms with Gasteiger partial charge in [-0.15, -0.1) is 0 Å². The van der Waals surface area contributed by atoms with Gasteiger partial charge in [-0.05, 0) is 29.9 Å². The molecular weight excluding hydrogens is 322 g/mol. The van der Waals surface area contributed by atoms with E-state index < -0.39 is 0 Å². The van der Waals surface area contributed by atoms with E-state index in [1.54, 1.807) is 0 Å². The van der Waals surface area contributed by atoms with Crippen LogP contribution in [0, 0.1) is 5.92 Å². The van der Waals surface area contributed by atoms with E-state index in [9.17, 15) is 4.79 Å². The average Bonchev–Trinajstić information content (AvgIpc) is 2.66. The van der Waals surface area contributed by atoms with Gasteiger partial charge in [0.1, 0.15) is 0 Å². The Kier molecular flexibility index (Phi) is 4.36. The number of carbonyl (C=O) groups is 1. The molecule has 1 fully saturated rings. The molecule has 0 bridgehead atoms. The zero-order valence-electron chi connectivity index (χ0n) is 15.8. The zero-order chi connectivity index (χ0) is 18.3. The molecule has 4 rings (SSSR count). The van der Waals surface area contributed by atoms with Crippen LogP contribution in [-0.4, -0.2) is 18.4 Å². The Morgan fingerprint density at radius 3 is 2.62 bits per heavy atom. The summed E-state index contributed by atoms with van der Waals surface area (Å²) in [6.45, 7) is 7.45. The molecule has 26 heavy (non-hydrogen) atoms. The van der Waals surface area contributed by atoms with E-state index in [1.807, 2.05) is 30.3 Å². The first-order valence-corrected chi connectivity index (χ1v) is 9.57. The summed E-state index contributed by atoms with van der Waals surface area (Å²) in [6, 6.07) is 15.9. The van der Waals surface area contributed by atoms with E-state index in [0.29, 0.717) is 0 Å². The molecule has 0 saturated carbocycles. The third-order valence-corrected chi connectivity index (χ3v) is 5.67. The first-order chi connectivity index (χ1) is 12.4. The van der Waals surface area contributed by atoms with E-state index in [1.165, 1.54) is 11.1 Å². The molecule has 2 aliphatic heterocycles. The lowest BCUT2D eigenvalue weighted by atomic mass is 9.76. The minimum Gasteiger partial charge on any atom is -0.374 e. The molecule has 2 aromatic rings. The van der Waals surface area contributed by atoms with Crippen LogP contribution in [0.15, 0.2) is 48.5 Å². The number of carbonyl (C=O) groups excluding carboxylic acids is 1. The Morgan fingerprint density at radius 2 is 1.88 bits per heavy atom. The normalized spacial score (nSPS) is 25.0. The van der Waals surface area contributed by atoms with Crippen LogP contribution < -0.4 is 5.32 Å². The Morgan fingerprint density at radius 1 is 1.12 bits per heavy atom. The molecule has 0 aliphatic carbocycles. The highest BCUT2D eigenvalue weighted by Crippen LogP contribution is 2.45. The van der Waals surface area contributed by atoms with Crippen LogP contribution >= 0.6 is 0 Å². The number of benzene rings is 2. The number of hydrogen-bond acceptors (Lipinski definition) is 3. The third-order valence-electron chi connectivity index (χ3n) is 5.67. The summed E-state index contributed by atoms with van der Waals surface area (Å²) in [6.07, 6.45) is 2.02. The van der Waals surface area contributed by atoms with Crippen LogP contribution in [0.1, 0.15) is 61.2 Å². The van der Waals surface area contributed by atoms with E-state index >= 15 is 0 Å². The highest BCUT2D eigenvalue weighted by molar-refractivity contribution is 6.02. The van der Waals surface area contributed by atoms with Gasteiger partial charge < -0.3 is 10.1 Å². The van der Waals surface area contributed by atoms with Gasteiger partial charge in [0.2, 0.25) is 0 Å². The third kappa shape index (κ3) is 3.05. The number of hydrogen-bond donors (Lipinski definition) is 1. The fourth-order valence-corrected chi connectivity index (χ4v) is 4.18. The van der Waals surface area contributed by atoms with Crippen LogP contribution in [0.3, 0.4) is 0 Å². The molecule has 2 heterocycles. The monoisotopic (exact) mass is 349 g/mol. The van der Waals surface area contributed by atoms with E-state index in [4.69, 9.17) is 4.74 Å². The van der Waals surface area contributed by atoms with Crippen molar-refractivity contribution in [2.45, 2.75) is 51.2 Å². The van der Waals surface area contributed by atoms with E-state index in [0.717, 1.165) is 30.7 Å². The predicted molar refractivity (Wildman–Crippen MR) is 105 cm³/mol. The van der Waals surface area contributed by atoms with Gasteiger partial charge in [0.05, 0.1) is 12.1 Å². The van der Waals surface area contributed by atoms with Crippen molar-refractivity contribution in [2.24, 2.45) is 5.92 Å². The van der Waals surface area contributed by atoms with Crippen LogP contribution in [0.5, 0.6) is 0 Å². The average molecular weight is 349 g/mol. The molecule has 1 N–H and O–H groups in total. The highest BCUT2D eigenvalue weighted by atomic mass is 16.5. The van der Waals surface area contributed by atoms with Gasteiger partial charge in [0, 0.05) is 29.3 Å². The summed E-state index contributed by atoms with van der Waals surface area (Å²) in [5.74, 6) is 0.343. The molecule has 3 atom stereocenters. The minimum absolute atomic E-state index is 0.0000350. The quantitative estimate of drug-likeness (QED) is 0.764. The number of ketones is 1. The van der Waals surface area contributed by atoms with Gasteiger partial charge in [0.15, 0.2) is 5.78 Å². The smallest absolute Gasteiger partial charge is 0.185 e. The van der Waals surface area contributed by atoms with E-state index in [-0.39, 0.29) is 29.3 Å². The number of anilines is 1. The van der Waals surface area contributed by atoms with Gasteiger partial charge in [0.25, 0.3) is 0 Å². The Bertz CT molecular complexity index is 807. The number of fused-ring (bicyclic) bond motifs is 3. The Labute approximate surface area is 155 Å². The molecule has 0 radical (unpaired) electrons. The standard InChI is InChI=1S/C23H27NO2/c1-23(2,3)16-11-12-19-18(14-16)22-17(10-7-13-26-22)20(24-19)21(25)15-8-5-4-6-9-15/h4-6,8-9,11-12,14,17,20,22,24H,7,10,13H2,1-3H3. The first kappa shape index (κ1) is 17.3. The molecule has 3 nitrogen and oxygen atoms in total. The van der Waals surface area contributed by atoms with Gasteiger partial charge in [-0.1, -0.05) is 63.2 Å². The van der Waals surface area contributed by atoms with Crippen molar-refractivity contribution in [2.75, 3.05) is 11.9 Å². The summed E-state index contributed by atoms with van der Waals surface area (Å²) < 4.78 is 6.20. The summed E-state index contributed by atoms with van der Waals surface area (Å²) in [5.41, 5.74) is 4.41. The fourth-order valence-electron chi connectivity index (χ4n) is 4.18. The topological polar surface area (TPSA) is 38.3 Å². The maximum atomic E-state index is 13.2. The fraction of sp³-hybridized carbons (Fsp3) is 0.435. The van der Waals surface area contributed by atoms with Crippen molar-refractivity contribution in [3.8, 4) is 0 Å². The Hall–Kier alpha value is -2.13. The highest BCUT2D eigenvalue weighted by Gasteiger charge is 2.42. The number of ether oxygens (including phenoxy) is 1. The molecule has 1 saturated heterocycles. The summed E-state index contributed by atoms with van der Waals surface area (Å²) in [4.78, 5) is 13.2. The van der Waals surface area contributed by atoms with E-state index in [2.05, 4.69) is 44.3 Å². The number of rotatable bonds is 2. The molecule has 2 aromatic carbocycles. The SMILES string of the molecule is CC(C)(C)c1ccc2c(c1)C1OCCCC1C(C(=O)c1ccccc1)N2. The molecule has 2 aliphatic rings. The molecule has 136 valence electrons. The predicted octanol–water partition coefficient (Wildman–Crippen LogP) is 5.13. The van der Waals surface area contributed by atoms with Crippen molar-refractivity contribution in [1.29, 1.82) is 0 Å². The van der Waals surface area contributed by atoms with Gasteiger partial charge in [-0.25, -0.2) is 0 Å². The second-order valence-electron chi connectivity index (χ2n) is 8.50. The number of Topliss-reactive ketones (excluding diaryl/α,β-unsaturated/α-hetero) is 1. The Balaban J connectivity index is 1.73. The second kappa shape index (κ2) is 6.55. The van der Waals surface area contributed by atoms with Crippen LogP contribution in [0.2, 0.25) is 0 Å². The van der Waals surface area contributed by atoms with Crippen molar-refractivity contribution in [3.63, 3.8) is 0 Å². The molecule has 0 aromatic heterocycles. The van der Waals surface area contributed by atoms with Gasteiger partial charge >= 0.3 is 0 Å². The lowest BCUT2D eigenvalue weighted by molar-refractivity contribution is -0.0350. The van der Waals surface area contributed by atoms with Crippen LogP contribution in [-0.2, 0) is 10.2 Å². The second-order valence-corrected chi connectivity index (χ2v) is 8.50. The van der Waals surface area contributed by atoms with Crippen molar-refractivity contribution in [1.82, 2.24) is 0 Å². The summed E-state index contributed by atoms with van der Waals surface area (Å²) in [7, 11) is 0. The summed E-state index contributed by atoms with van der Waals surface area (Å²) in [5, 5.41) is 3.54. The summed E-state index contributed by atoms with van der Waals surface area (Å²) >= 11 is 0. The van der Waals surface area contributed by atoms with Crippen molar-refractivity contribution in [3.05, 3.63) is 65.2 Å². The molecule has 3 heteroatoms. The lowest BCUT2D eigenvalue weighted by Crippen LogP contribution is -2.46. The van der Waals surface area contributed by atoms with Gasteiger partial charge in [-0.2, -0.15) is 0 Å². The largest absolute Gasteiger partial charge is 0.374 e. The molecule has 0 amide bonds. The van der Waals surface area contributed by atoms with Crippen LogP contribution in [0.25, 0.3) is 0 Å². The molecule has 3 unspecified atom stereocenters. The maximum absolute atomic E-state index is 13.2. The van der Waals surface area contributed by atoms with Crippen molar-refractivity contribution < 1.29 is 9.53 Å². The minimum atomic E-state index is -0.226.